The third kappa shape index (κ3) is 2.37. The SMILES string of the molecule is NCC(C(=O)O)c1cc(O)c(F)c(Cl)c1. The van der Waals surface area contributed by atoms with Gasteiger partial charge in [-0.15, -0.1) is 0 Å². The van der Waals surface area contributed by atoms with Crippen LogP contribution in [0.2, 0.25) is 5.02 Å². The maximum absolute atomic E-state index is 12.9. The summed E-state index contributed by atoms with van der Waals surface area (Å²) in [6.07, 6.45) is 0. The standard InChI is InChI=1S/C9H9ClFNO3/c10-6-1-4(2-7(13)8(6)11)5(3-12)9(14)15/h1-2,5,13H,3,12H2,(H,14,15). The minimum atomic E-state index is -1.15. The van der Waals surface area contributed by atoms with Crippen LogP contribution < -0.4 is 5.73 Å². The van der Waals surface area contributed by atoms with Crippen molar-refractivity contribution in [1.29, 1.82) is 0 Å². The van der Waals surface area contributed by atoms with E-state index in [-0.39, 0.29) is 17.1 Å². The van der Waals surface area contributed by atoms with Crippen LogP contribution in [0.5, 0.6) is 5.75 Å². The zero-order valence-corrected chi connectivity index (χ0v) is 8.33. The molecule has 15 heavy (non-hydrogen) atoms. The van der Waals surface area contributed by atoms with E-state index in [1.54, 1.807) is 0 Å². The highest BCUT2D eigenvalue weighted by atomic mass is 35.5. The Morgan fingerprint density at radius 3 is 2.60 bits per heavy atom. The Balaban J connectivity index is 3.20. The number of benzene rings is 1. The fourth-order valence-electron chi connectivity index (χ4n) is 1.18. The molecular formula is C9H9ClFNO3. The maximum atomic E-state index is 12.9. The normalized spacial score (nSPS) is 12.5. The van der Waals surface area contributed by atoms with E-state index >= 15 is 0 Å². The fourth-order valence-corrected chi connectivity index (χ4v) is 1.40. The molecule has 6 heteroatoms. The van der Waals surface area contributed by atoms with E-state index in [0.29, 0.717) is 0 Å². The third-order valence-electron chi connectivity index (χ3n) is 1.97. The number of halogens is 2. The quantitative estimate of drug-likeness (QED) is 0.735. The van der Waals surface area contributed by atoms with E-state index in [0.717, 1.165) is 12.1 Å². The van der Waals surface area contributed by atoms with Gasteiger partial charge in [0, 0.05) is 6.54 Å². The number of phenols is 1. The van der Waals surface area contributed by atoms with Gasteiger partial charge in [-0.2, -0.15) is 0 Å². The molecule has 0 fully saturated rings. The van der Waals surface area contributed by atoms with Crippen LogP contribution in [-0.4, -0.2) is 22.7 Å². The number of nitrogens with two attached hydrogens (primary N) is 1. The Labute approximate surface area is 90.1 Å². The molecule has 0 aliphatic carbocycles. The summed E-state index contributed by atoms with van der Waals surface area (Å²) in [5, 5.41) is 17.6. The highest BCUT2D eigenvalue weighted by Gasteiger charge is 2.20. The van der Waals surface area contributed by atoms with Gasteiger partial charge < -0.3 is 15.9 Å². The highest BCUT2D eigenvalue weighted by molar-refractivity contribution is 6.31. The minimum Gasteiger partial charge on any atom is -0.505 e. The fraction of sp³-hybridized carbons (Fsp3) is 0.222. The average molecular weight is 234 g/mol. The second-order valence-electron chi connectivity index (χ2n) is 2.96. The maximum Gasteiger partial charge on any atom is 0.312 e. The van der Waals surface area contributed by atoms with Crippen LogP contribution in [0, 0.1) is 5.82 Å². The number of aromatic hydroxyl groups is 1. The minimum absolute atomic E-state index is 0.156. The first-order chi connectivity index (χ1) is 6.97. The number of aliphatic carboxylic acids is 1. The van der Waals surface area contributed by atoms with Crippen LogP contribution >= 0.6 is 11.6 Å². The van der Waals surface area contributed by atoms with E-state index in [9.17, 15) is 9.18 Å². The van der Waals surface area contributed by atoms with Crippen LogP contribution in [0.1, 0.15) is 11.5 Å². The predicted molar refractivity (Wildman–Crippen MR) is 52.5 cm³/mol. The monoisotopic (exact) mass is 233 g/mol. The first-order valence-corrected chi connectivity index (χ1v) is 4.46. The summed E-state index contributed by atoms with van der Waals surface area (Å²) in [4.78, 5) is 10.7. The van der Waals surface area contributed by atoms with Crippen molar-refractivity contribution in [1.82, 2.24) is 0 Å². The average Bonchev–Trinajstić information content (AvgIpc) is 2.14. The molecule has 4 nitrogen and oxygen atoms in total. The zero-order valence-electron chi connectivity index (χ0n) is 7.58. The molecule has 82 valence electrons. The van der Waals surface area contributed by atoms with Crippen molar-refractivity contribution in [2.75, 3.05) is 6.54 Å². The lowest BCUT2D eigenvalue weighted by Gasteiger charge is -2.11. The lowest BCUT2D eigenvalue weighted by atomic mass is 9.99. The molecule has 0 aliphatic heterocycles. The summed E-state index contributed by atoms with van der Waals surface area (Å²) >= 11 is 5.46. The van der Waals surface area contributed by atoms with E-state index in [2.05, 4.69) is 0 Å². The topological polar surface area (TPSA) is 83.6 Å². The molecule has 0 spiro atoms. The van der Waals surface area contributed by atoms with Gasteiger partial charge in [0.15, 0.2) is 11.6 Å². The molecule has 1 aromatic carbocycles. The molecule has 0 aliphatic rings. The number of hydrogen-bond acceptors (Lipinski definition) is 3. The summed E-state index contributed by atoms with van der Waals surface area (Å²) < 4.78 is 12.9. The molecule has 4 N–H and O–H groups in total. The van der Waals surface area contributed by atoms with Gasteiger partial charge in [-0.25, -0.2) is 4.39 Å². The molecule has 1 unspecified atom stereocenters. The van der Waals surface area contributed by atoms with Crippen LogP contribution in [0.15, 0.2) is 12.1 Å². The number of hydrogen-bond donors (Lipinski definition) is 3. The van der Waals surface area contributed by atoms with Crippen molar-refractivity contribution in [2.24, 2.45) is 5.73 Å². The Hall–Kier alpha value is -1.33. The Morgan fingerprint density at radius 2 is 2.20 bits per heavy atom. The molecule has 0 saturated carbocycles. The first kappa shape index (κ1) is 11.7. The van der Waals surface area contributed by atoms with Gasteiger partial charge in [-0.1, -0.05) is 11.6 Å². The number of phenolic OH excluding ortho intramolecular Hbond substituents is 1. The Kier molecular flexibility index (Phi) is 3.49. The second-order valence-corrected chi connectivity index (χ2v) is 3.37. The summed E-state index contributed by atoms with van der Waals surface area (Å²) in [5.74, 6) is -3.81. The van der Waals surface area contributed by atoms with Crippen molar-refractivity contribution in [3.8, 4) is 5.75 Å². The van der Waals surface area contributed by atoms with Gasteiger partial charge in [0.1, 0.15) is 0 Å². The second kappa shape index (κ2) is 4.46. The van der Waals surface area contributed by atoms with Crippen LogP contribution in [0.4, 0.5) is 4.39 Å². The Bertz CT molecular complexity index is 374. The van der Waals surface area contributed by atoms with Crippen molar-refractivity contribution in [3.63, 3.8) is 0 Å². The Morgan fingerprint density at radius 1 is 1.60 bits per heavy atom. The van der Waals surface area contributed by atoms with Gasteiger partial charge >= 0.3 is 5.97 Å². The van der Waals surface area contributed by atoms with E-state index < -0.39 is 23.5 Å². The lowest BCUT2D eigenvalue weighted by molar-refractivity contribution is -0.138. The van der Waals surface area contributed by atoms with Gasteiger partial charge in [0.2, 0.25) is 0 Å². The smallest absolute Gasteiger partial charge is 0.312 e. The first-order valence-electron chi connectivity index (χ1n) is 4.08. The van der Waals surface area contributed by atoms with E-state index in [4.69, 9.17) is 27.5 Å². The molecule has 0 saturated heterocycles. The molecule has 0 heterocycles. The largest absolute Gasteiger partial charge is 0.505 e. The number of carboxylic acid groups (broad SMARTS) is 1. The number of carboxylic acids is 1. The van der Waals surface area contributed by atoms with E-state index in [1.807, 2.05) is 0 Å². The van der Waals surface area contributed by atoms with Crippen LogP contribution in [0.25, 0.3) is 0 Å². The van der Waals surface area contributed by atoms with Crippen molar-refractivity contribution in [2.45, 2.75) is 5.92 Å². The van der Waals surface area contributed by atoms with Crippen molar-refractivity contribution < 1.29 is 19.4 Å². The van der Waals surface area contributed by atoms with Crippen molar-refractivity contribution >= 4 is 17.6 Å². The van der Waals surface area contributed by atoms with Gasteiger partial charge in [-0.3, -0.25) is 4.79 Å². The third-order valence-corrected chi connectivity index (χ3v) is 2.24. The summed E-state index contributed by atoms with van der Waals surface area (Å²) in [6, 6.07) is 2.15. The zero-order chi connectivity index (χ0) is 11.6. The predicted octanol–water partition coefficient (Wildman–Crippen LogP) is 1.31. The number of carbonyl (C=O) groups is 1. The molecule has 0 amide bonds. The lowest BCUT2D eigenvalue weighted by Crippen LogP contribution is -2.21. The van der Waals surface area contributed by atoms with Crippen molar-refractivity contribution in [3.05, 3.63) is 28.5 Å². The number of rotatable bonds is 3. The molecular weight excluding hydrogens is 225 g/mol. The van der Waals surface area contributed by atoms with Crippen LogP contribution in [0.3, 0.4) is 0 Å². The van der Waals surface area contributed by atoms with Gasteiger partial charge in [-0.05, 0) is 17.7 Å². The molecule has 1 aromatic rings. The van der Waals surface area contributed by atoms with Gasteiger partial charge in [0.05, 0.1) is 10.9 Å². The molecule has 1 atom stereocenters. The molecule has 0 aromatic heterocycles. The highest BCUT2D eigenvalue weighted by Crippen LogP contribution is 2.29. The summed E-state index contributed by atoms with van der Waals surface area (Å²) in [6.45, 7) is -0.156. The molecule has 0 bridgehead atoms. The summed E-state index contributed by atoms with van der Waals surface area (Å²) in [7, 11) is 0. The molecule has 1 rings (SSSR count). The summed E-state index contributed by atoms with van der Waals surface area (Å²) in [5.41, 5.74) is 5.42. The molecule has 0 radical (unpaired) electrons. The van der Waals surface area contributed by atoms with Gasteiger partial charge in [0.25, 0.3) is 0 Å². The van der Waals surface area contributed by atoms with Crippen LogP contribution in [-0.2, 0) is 4.79 Å². The van der Waals surface area contributed by atoms with E-state index in [1.165, 1.54) is 0 Å².